The largest absolute Gasteiger partial charge is 0.493 e. The number of fused-ring (bicyclic) bond motifs is 1. The summed E-state index contributed by atoms with van der Waals surface area (Å²) in [5.74, 6) is 1.72. The summed E-state index contributed by atoms with van der Waals surface area (Å²) in [5, 5.41) is 3.03. The summed E-state index contributed by atoms with van der Waals surface area (Å²) >= 11 is 0. The fraction of sp³-hybridized carbons (Fsp3) is 0.188. The van der Waals surface area contributed by atoms with E-state index in [2.05, 4.69) is 25.3 Å². The molecule has 24 heavy (non-hydrogen) atoms. The second-order valence-electron chi connectivity index (χ2n) is 4.91. The molecule has 3 aromatic rings. The van der Waals surface area contributed by atoms with Crippen LogP contribution in [0.4, 0.5) is 5.95 Å². The van der Waals surface area contributed by atoms with E-state index in [1.807, 2.05) is 30.4 Å². The number of hydrogen-bond acceptors (Lipinski definition) is 6. The van der Waals surface area contributed by atoms with Crippen molar-refractivity contribution in [3.05, 3.63) is 46.5 Å². The minimum Gasteiger partial charge on any atom is -0.493 e. The molecule has 0 atom stereocenters. The van der Waals surface area contributed by atoms with E-state index in [4.69, 9.17) is 9.47 Å². The SMILES string of the molecule is COc1ccc(/C=C/CNc2nc3nc[nH]c3c(=O)[nH]2)cc1OC. The van der Waals surface area contributed by atoms with Gasteiger partial charge in [-0.1, -0.05) is 18.2 Å². The number of aromatic amines is 2. The first-order chi connectivity index (χ1) is 11.7. The molecule has 2 aromatic heterocycles. The van der Waals surface area contributed by atoms with Gasteiger partial charge in [-0.15, -0.1) is 0 Å². The number of benzene rings is 1. The van der Waals surface area contributed by atoms with Crippen molar-refractivity contribution in [3.8, 4) is 11.5 Å². The van der Waals surface area contributed by atoms with Crippen molar-refractivity contribution in [1.29, 1.82) is 0 Å². The van der Waals surface area contributed by atoms with Crippen molar-refractivity contribution in [2.45, 2.75) is 0 Å². The number of imidazole rings is 1. The molecule has 8 heteroatoms. The number of H-pyrrole nitrogens is 2. The van der Waals surface area contributed by atoms with Crippen LogP contribution in [0.3, 0.4) is 0 Å². The molecule has 0 fully saturated rings. The third-order valence-corrected chi connectivity index (χ3v) is 3.40. The lowest BCUT2D eigenvalue weighted by molar-refractivity contribution is 0.355. The van der Waals surface area contributed by atoms with Crippen LogP contribution in [0.5, 0.6) is 11.5 Å². The van der Waals surface area contributed by atoms with Crippen molar-refractivity contribution >= 4 is 23.2 Å². The van der Waals surface area contributed by atoms with E-state index in [0.717, 1.165) is 5.56 Å². The first-order valence-electron chi connectivity index (χ1n) is 7.27. The molecule has 0 unspecified atom stereocenters. The topological polar surface area (TPSA) is 105 Å². The molecule has 0 spiro atoms. The lowest BCUT2D eigenvalue weighted by atomic mass is 10.2. The van der Waals surface area contributed by atoms with Gasteiger partial charge >= 0.3 is 0 Å². The standard InChI is InChI=1S/C16H17N5O3/c1-23-11-6-5-10(8-12(11)24-2)4-3-7-17-16-20-14-13(15(22)21-16)18-9-19-14/h3-6,8-9H,7H2,1-2H3,(H3,17,18,19,20,21,22)/b4-3+. The van der Waals surface area contributed by atoms with Gasteiger partial charge in [-0.3, -0.25) is 9.78 Å². The molecule has 8 nitrogen and oxygen atoms in total. The lowest BCUT2D eigenvalue weighted by Crippen LogP contribution is -2.13. The van der Waals surface area contributed by atoms with E-state index in [1.54, 1.807) is 14.2 Å². The number of nitrogens with zero attached hydrogens (tertiary/aromatic N) is 2. The van der Waals surface area contributed by atoms with Gasteiger partial charge in [-0.2, -0.15) is 4.98 Å². The quantitative estimate of drug-likeness (QED) is 0.637. The molecule has 1 aromatic carbocycles. The highest BCUT2D eigenvalue weighted by atomic mass is 16.5. The Kier molecular flexibility index (Phi) is 4.46. The molecular weight excluding hydrogens is 310 g/mol. The normalized spacial score (nSPS) is 11.1. The summed E-state index contributed by atoms with van der Waals surface area (Å²) in [6.45, 7) is 0.493. The Hall–Kier alpha value is -3.29. The predicted octanol–water partition coefficient (Wildman–Crippen LogP) is 1.79. The van der Waals surface area contributed by atoms with Crippen molar-refractivity contribution in [2.24, 2.45) is 0 Å². The predicted molar refractivity (Wildman–Crippen MR) is 91.6 cm³/mol. The highest BCUT2D eigenvalue weighted by Gasteiger charge is 2.05. The molecular formula is C16H17N5O3. The average molecular weight is 327 g/mol. The zero-order chi connectivity index (χ0) is 16.9. The van der Waals surface area contributed by atoms with Crippen LogP contribution in [0.15, 0.2) is 35.4 Å². The first kappa shape index (κ1) is 15.6. The number of anilines is 1. The number of methoxy groups -OCH3 is 2. The Morgan fingerprint density at radius 2 is 2.08 bits per heavy atom. The monoisotopic (exact) mass is 327 g/mol. The molecule has 124 valence electrons. The Labute approximate surface area is 137 Å². The molecule has 0 saturated carbocycles. The summed E-state index contributed by atoms with van der Waals surface area (Å²) in [4.78, 5) is 25.4. The second-order valence-corrected chi connectivity index (χ2v) is 4.91. The van der Waals surface area contributed by atoms with E-state index in [9.17, 15) is 4.79 Å². The molecule has 0 radical (unpaired) electrons. The Bertz CT molecular complexity index is 929. The number of hydrogen-bond donors (Lipinski definition) is 3. The summed E-state index contributed by atoms with van der Waals surface area (Å²) in [5.41, 5.74) is 1.45. The zero-order valence-corrected chi connectivity index (χ0v) is 13.3. The minimum atomic E-state index is -0.260. The molecule has 0 aliphatic rings. The molecule has 0 bridgehead atoms. The highest BCUT2D eigenvalue weighted by Crippen LogP contribution is 2.27. The summed E-state index contributed by atoms with van der Waals surface area (Å²) in [6.07, 6.45) is 5.28. The van der Waals surface area contributed by atoms with Crippen LogP contribution in [0.1, 0.15) is 5.56 Å². The van der Waals surface area contributed by atoms with Gasteiger partial charge in [-0.25, -0.2) is 4.98 Å². The maximum absolute atomic E-state index is 11.8. The number of aromatic nitrogens is 4. The smallest absolute Gasteiger partial charge is 0.278 e. The summed E-state index contributed by atoms with van der Waals surface area (Å²) < 4.78 is 10.5. The second kappa shape index (κ2) is 6.86. The lowest BCUT2D eigenvalue weighted by Gasteiger charge is -2.07. The van der Waals surface area contributed by atoms with Crippen molar-refractivity contribution < 1.29 is 9.47 Å². The van der Waals surface area contributed by atoms with E-state index in [1.165, 1.54) is 6.33 Å². The Morgan fingerprint density at radius 3 is 2.88 bits per heavy atom. The highest BCUT2D eigenvalue weighted by molar-refractivity contribution is 5.69. The average Bonchev–Trinajstić information content (AvgIpc) is 3.07. The Morgan fingerprint density at radius 1 is 1.25 bits per heavy atom. The van der Waals surface area contributed by atoms with Gasteiger partial charge in [0.15, 0.2) is 22.7 Å². The van der Waals surface area contributed by atoms with Crippen LogP contribution in [0.25, 0.3) is 17.2 Å². The molecule has 0 aliphatic heterocycles. The van der Waals surface area contributed by atoms with Crippen LogP contribution in [0.2, 0.25) is 0 Å². The fourth-order valence-corrected chi connectivity index (χ4v) is 2.23. The summed E-state index contributed by atoms with van der Waals surface area (Å²) in [6, 6.07) is 5.65. The molecule has 3 rings (SSSR count). The van der Waals surface area contributed by atoms with E-state index in [0.29, 0.717) is 35.2 Å². The number of ether oxygens (including phenoxy) is 2. The molecule has 2 heterocycles. The van der Waals surface area contributed by atoms with Crippen LogP contribution < -0.4 is 20.3 Å². The molecule has 0 saturated heterocycles. The maximum Gasteiger partial charge on any atom is 0.278 e. The first-order valence-corrected chi connectivity index (χ1v) is 7.27. The van der Waals surface area contributed by atoms with Crippen molar-refractivity contribution in [1.82, 2.24) is 19.9 Å². The third-order valence-electron chi connectivity index (χ3n) is 3.40. The van der Waals surface area contributed by atoms with Crippen LogP contribution >= 0.6 is 0 Å². The van der Waals surface area contributed by atoms with Gasteiger partial charge in [0.25, 0.3) is 5.56 Å². The minimum absolute atomic E-state index is 0.260. The zero-order valence-electron chi connectivity index (χ0n) is 13.3. The summed E-state index contributed by atoms with van der Waals surface area (Å²) in [7, 11) is 3.20. The van der Waals surface area contributed by atoms with Gasteiger partial charge in [0.2, 0.25) is 5.95 Å². The van der Waals surface area contributed by atoms with Gasteiger partial charge in [0.05, 0.1) is 20.5 Å². The van der Waals surface area contributed by atoms with Gasteiger partial charge < -0.3 is 19.8 Å². The van der Waals surface area contributed by atoms with E-state index < -0.39 is 0 Å². The maximum atomic E-state index is 11.8. The van der Waals surface area contributed by atoms with Gasteiger partial charge in [0.1, 0.15) is 0 Å². The molecule has 0 amide bonds. The fourth-order valence-electron chi connectivity index (χ4n) is 2.23. The van der Waals surface area contributed by atoms with Crippen molar-refractivity contribution in [3.63, 3.8) is 0 Å². The number of nitrogens with one attached hydrogen (secondary N) is 3. The Balaban J connectivity index is 1.66. The van der Waals surface area contributed by atoms with Crippen LogP contribution in [-0.2, 0) is 0 Å². The third kappa shape index (κ3) is 3.22. The van der Waals surface area contributed by atoms with Gasteiger partial charge in [-0.05, 0) is 17.7 Å². The van der Waals surface area contributed by atoms with Crippen molar-refractivity contribution in [2.75, 3.05) is 26.1 Å². The van der Waals surface area contributed by atoms with E-state index >= 15 is 0 Å². The van der Waals surface area contributed by atoms with E-state index in [-0.39, 0.29) is 5.56 Å². The van der Waals surface area contributed by atoms with Gasteiger partial charge in [0, 0.05) is 6.54 Å². The molecule has 0 aliphatic carbocycles. The van der Waals surface area contributed by atoms with Crippen LogP contribution in [0, 0.1) is 0 Å². The molecule has 3 N–H and O–H groups in total. The van der Waals surface area contributed by atoms with Crippen LogP contribution in [-0.4, -0.2) is 40.7 Å². The number of rotatable bonds is 6.